The van der Waals surface area contributed by atoms with E-state index in [2.05, 4.69) is 71.6 Å². The summed E-state index contributed by atoms with van der Waals surface area (Å²) in [5, 5.41) is 24.9. The van der Waals surface area contributed by atoms with Crippen LogP contribution in [0.3, 0.4) is 0 Å². The van der Waals surface area contributed by atoms with Gasteiger partial charge in [0.2, 0.25) is 5.95 Å². The van der Waals surface area contributed by atoms with Crippen LogP contribution in [0.15, 0.2) is 60.7 Å². The van der Waals surface area contributed by atoms with Crippen molar-refractivity contribution in [1.82, 2.24) is 42.7 Å². The molecule has 1 aliphatic heterocycles. The zero-order valence-electron chi connectivity index (χ0n) is 24.2. The summed E-state index contributed by atoms with van der Waals surface area (Å²) in [5.41, 5.74) is 5.28. The Bertz CT molecular complexity index is 1550. The Balaban J connectivity index is 0.000000354. The second-order valence-electron chi connectivity index (χ2n) is 9.98. The van der Waals surface area contributed by atoms with Crippen LogP contribution in [-0.2, 0) is 4.74 Å². The number of benzene rings is 2. The smallest absolute Gasteiger partial charge is 0.229 e. The average Bonchev–Trinajstić information content (AvgIpc) is 3.59. The fraction of sp³-hybridized carbons (Fsp3) is 0.310. The predicted octanol–water partition coefficient (Wildman–Crippen LogP) is 5.64. The third-order valence-corrected chi connectivity index (χ3v) is 6.93. The highest BCUT2D eigenvalue weighted by molar-refractivity contribution is 5.91. The first kappa shape index (κ1) is 30.2. The third kappa shape index (κ3) is 7.32. The molecule has 0 atom stereocenters. The molecule has 7 rings (SSSR count). The van der Waals surface area contributed by atoms with Crippen LogP contribution in [0.25, 0.3) is 10.9 Å². The van der Waals surface area contributed by atoms with E-state index in [0.717, 1.165) is 66.0 Å². The summed E-state index contributed by atoms with van der Waals surface area (Å²) in [4.78, 5) is 11.8. The van der Waals surface area contributed by atoms with E-state index in [0.29, 0.717) is 11.9 Å². The SMILES string of the molecule is CNc1cc(C)[nH]n1.N.N.c1ccc2c(Nc3cc(C4CC4)[nH]n3)nc(Nc3ccc(N4CCOCC4)cc3)nc2c1. The van der Waals surface area contributed by atoms with Crippen LogP contribution in [-0.4, -0.2) is 63.7 Å². The highest BCUT2D eigenvalue weighted by Crippen LogP contribution is 2.40. The summed E-state index contributed by atoms with van der Waals surface area (Å²) < 4.78 is 5.45. The quantitative estimate of drug-likeness (QED) is 0.127. The van der Waals surface area contributed by atoms with Gasteiger partial charge in [-0.05, 0) is 56.2 Å². The minimum Gasteiger partial charge on any atom is -0.378 e. The highest BCUT2D eigenvalue weighted by Gasteiger charge is 2.25. The van der Waals surface area contributed by atoms with Gasteiger partial charge < -0.3 is 37.9 Å². The molecule has 2 aliphatic rings. The minimum absolute atomic E-state index is 0. The topological polar surface area (TPSA) is 202 Å². The molecule has 0 spiro atoms. The van der Waals surface area contributed by atoms with Gasteiger partial charge in [-0.15, -0.1) is 0 Å². The van der Waals surface area contributed by atoms with Crippen molar-refractivity contribution in [1.29, 1.82) is 0 Å². The molecule has 11 N–H and O–H groups in total. The van der Waals surface area contributed by atoms with Gasteiger partial charge in [0.1, 0.15) is 11.6 Å². The van der Waals surface area contributed by atoms with Crippen molar-refractivity contribution in [3.05, 3.63) is 72.1 Å². The van der Waals surface area contributed by atoms with E-state index >= 15 is 0 Å². The first-order valence-corrected chi connectivity index (χ1v) is 13.6. The zero-order valence-corrected chi connectivity index (χ0v) is 24.2. The van der Waals surface area contributed by atoms with Crippen molar-refractivity contribution in [2.75, 3.05) is 54.2 Å². The second kappa shape index (κ2) is 13.8. The van der Waals surface area contributed by atoms with Crippen molar-refractivity contribution in [3.8, 4) is 0 Å². The lowest BCUT2D eigenvalue weighted by atomic mass is 10.2. The molecule has 222 valence electrons. The van der Waals surface area contributed by atoms with Crippen LogP contribution < -0.4 is 33.2 Å². The Morgan fingerprint density at radius 2 is 1.60 bits per heavy atom. The van der Waals surface area contributed by atoms with E-state index in [1.807, 2.05) is 44.3 Å². The van der Waals surface area contributed by atoms with Crippen LogP contribution in [0.2, 0.25) is 0 Å². The Labute approximate surface area is 245 Å². The summed E-state index contributed by atoms with van der Waals surface area (Å²) >= 11 is 0. The lowest BCUT2D eigenvalue weighted by Gasteiger charge is -2.28. The molecular weight excluding hydrogens is 532 g/mol. The Hall–Kier alpha value is -4.72. The summed E-state index contributed by atoms with van der Waals surface area (Å²) in [6, 6.07) is 20.4. The van der Waals surface area contributed by atoms with Gasteiger partial charge in [-0.3, -0.25) is 10.2 Å². The zero-order chi connectivity index (χ0) is 27.3. The van der Waals surface area contributed by atoms with Crippen molar-refractivity contribution >= 4 is 45.7 Å². The normalized spacial score (nSPS) is 14.2. The number of aromatic amines is 2. The van der Waals surface area contributed by atoms with Crippen molar-refractivity contribution in [2.45, 2.75) is 25.7 Å². The number of para-hydroxylation sites is 1. The van der Waals surface area contributed by atoms with Gasteiger partial charge >= 0.3 is 0 Å². The largest absolute Gasteiger partial charge is 0.378 e. The first-order valence-electron chi connectivity index (χ1n) is 13.6. The molecule has 0 amide bonds. The molecule has 13 nitrogen and oxygen atoms in total. The molecule has 42 heavy (non-hydrogen) atoms. The number of hydrogen-bond donors (Lipinski definition) is 7. The highest BCUT2D eigenvalue weighted by atomic mass is 16.5. The summed E-state index contributed by atoms with van der Waals surface area (Å²) in [7, 11) is 1.84. The Morgan fingerprint density at radius 1 is 0.857 bits per heavy atom. The number of morpholine rings is 1. The number of fused-ring (bicyclic) bond motifs is 1. The number of aryl methyl sites for hydroxylation is 1. The summed E-state index contributed by atoms with van der Waals surface area (Å²) in [6.45, 7) is 5.36. The molecule has 3 aromatic heterocycles. The number of nitrogens with one attached hydrogen (secondary N) is 5. The number of anilines is 6. The standard InChI is InChI=1S/C24H25N7O.C5H9N3.2H3N/c1-2-4-20-19(3-1)23(27-22-15-21(29-30-22)16-5-6-16)28-24(26-20)25-17-7-9-18(10-8-17)31-11-13-32-14-12-31;1-4-3-5(6-2)8-7-4;;/h1-4,7-10,15-16H,5-6,11-14H2,(H3,25,26,27,28,29,30);3H,1-2H3,(H2,6,7,8);2*1H3. The number of ether oxygens (including phenoxy) is 1. The monoisotopic (exact) mass is 572 g/mol. The molecule has 0 unspecified atom stereocenters. The molecule has 0 bridgehead atoms. The molecule has 4 heterocycles. The average molecular weight is 573 g/mol. The molecule has 1 saturated carbocycles. The van der Waals surface area contributed by atoms with E-state index in [1.54, 1.807) is 0 Å². The van der Waals surface area contributed by atoms with E-state index in [4.69, 9.17) is 14.7 Å². The molecule has 13 heteroatoms. The Morgan fingerprint density at radius 3 is 2.26 bits per heavy atom. The molecule has 1 saturated heterocycles. The van der Waals surface area contributed by atoms with Gasteiger partial charge in [-0.2, -0.15) is 15.2 Å². The maximum atomic E-state index is 5.45. The molecule has 0 radical (unpaired) electrons. The fourth-order valence-electron chi connectivity index (χ4n) is 4.61. The van der Waals surface area contributed by atoms with Crippen LogP contribution in [0, 0.1) is 6.92 Å². The van der Waals surface area contributed by atoms with Crippen molar-refractivity contribution in [2.24, 2.45) is 0 Å². The summed E-state index contributed by atoms with van der Waals surface area (Å²) in [6.07, 6.45) is 2.47. The maximum Gasteiger partial charge on any atom is 0.229 e. The third-order valence-electron chi connectivity index (χ3n) is 6.93. The second-order valence-corrected chi connectivity index (χ2v) is 9.98. The van der Waals surface area contributed by atoms with Gasteiger partial charge in [0.15, 0.2) is 5.82 Å². The number of H-pyrrole nitrogens is 2. The van der Waals surface area contributed by atoms with Gasteiger partial charge in [0.05, 0.1) is 18.7 Å². The van der Waals surface area contributed by atoms with E-state index in [-0.39, 0.29) is 12.3 Å². The maximum absolute atomic E-state index is 5.45. The molecule has 2 aromatic carbocycles. The van der Waals surface area contributed by atoms with E-state index in [1.165, 1.54) is 24.2 Å². The molecule has 2 fully saturated rings. The van der Waals surface area contributed by atoms with Gasteiger partial charge in [-0.1, -0.05) is 12.1 Å². The summed E-state index contributed by atoms with van der Waals surface area (Å²) in [5.74, 6) is 3.57. The fourth-order valence-corrected chi connectivity index (χ4v) is 4.61. The van der Waals surface area contributed by atoms with Crippen molar-refractivity contribution in [3.63, 3.8) is 0 Å². The van der Waals surface area contributed by atoms with E-state index in [9.17, 15) is 0 Å². The lowest BCUT2D eigenvalue weighted by Crippen LogP contribution is -2.36. The van der Waals surface area contributed by atoms with Crippen LogP contribution in [0.1, 0.15) is 30.1 Å². The first-order chi connectivity index (χ1) is 19.6. The van der Waals surface area contributed by atoms with E-state index < -0.39 is 0 Å². The minimum atomic E-state index is 0. The van der Waals surface area contributed by atoms with Gasteiger partial charge in [-0.25, -0.2) is 4.98 Å². The molecule has 5 aromatic rings. The number of aromatic nitrogens is 6. The van der Waals surface area contributed by atoms with Gasteiger partial charge in [0.25, 0.3) is 0 Å². The van der Waals surface area contributed by atoms with Crippen LogP contribution in [0.5, 0.6) is 0 Å². The predicted molar refractivity (Wildman–Crippen MR) is 169 cm³/mol. The lowest BCUT2D eigenvalue weighted by molar-refractivity contribution is 0.122. The number of hydrogen-bond acceptors (Lipinski definition) is 11. The van der Waals surface area contributed by atoms with Crippen LogP contribution >= 0.6 is 0 Å². The molecule has 1 aliphatic carbocycles. The number of rotatable bonds is 7. The Kier molecular flexibility index (Phi) is 9.91. The van der Waals surface area contributed by atoms with Gasteiger partial charge in [0, 0.05) is 66.3 Å². The number of nitrogens with zero attached hydrogens (tertiary/aromatic N) is 5. The molecular formula is C29H40N12O. The van der Waals surface area contributed by atoms with Crippen molar-refractivity contribution < 1.29 is 4.74 Å². The van der Waals surface area contributed by atoms with Crippen LogP contribution in [0.4, 0.5) is 34.8 Å².